The summed E-state index contributed by atoms with van der Waals surface area (Å²) in [4.78, 5) is 29.5. The monoisotopic (exact) mass is 360 g/mol. The number of aromatic nitrogens is 2. The second-order valence-electron chi connectivity index (χ2n) is 7.35. The number of hydrogen-bond donors (Lipinski definition) is 0. The minimum Gasteiger partial charge on any atom is -0.299 e. The van der Waals surface area contributed by atoms with Gasteiger partial charge in [-0.05, 0) is 31.0 Å². The Bertz CT molecular complexity index is 951. The fraction of sp³-hybridized carbons (Fsp3) is 0.348. The molecule has 138 valence electrons. The average Bonchev–Trinajstić information content (AvgIpc) is 2.86. The Balaban J connectivity index is 1.81. The highest BCUT2D eigenvalue weighted by Gasteiger charge is 2.25. The number of para-hydroxylation sites is 1. The van der Waals surface area contributed by atoms with E-state index in [9.17, 15) is 9.59 Å². The molecule has 0 bridgehead atoms. The van der Waals surface area contributed by atoms with Gasteiger partial charge in [-0.1, -0.05) is 49.9 Å². The van der Waals surface area contributed by atoms with Gasteiger partial charge in [0, 0.05) is 35.2 Å². The molecule has 0 radical (unpaired) electrons. The summed E-state index contributed by atoms with van der Waals surface area (Å²) in [5.74, 6) is 1.10. The predicted octanol–water partition coefficient (Wildman–Crippen LogP) is 4.92. The van der Waals surface area contributed by atoms with Crippen LogP contribution in [0.3, 0.4) is 0 Å². The molecule has 4 rings (SSSR count). The molecule has 0 N–H and O–H groups in total. The van der Waals surface area contributed by atoms with Crippen molar-refractivity contribution in [2.45, 2.75) is 44.9 Å². The summed E-state index contributed by atoms with van der Waals surface area (Å²) in [6, 6.07) is 13.5. The first kappa shape index (κ1) is 17.7. The summed E-state index contributed by atoms with van der Waals surface area (Å²) in [5, 5.41) is 0.877. The van der Waals surface area contributed by atoms with Crippen LogP contribution >= 0.6 is 0 Å². The van der Waals surface area contributed by atoms with E-state index in [2.05, 4.69) is 4.98 Å². The van der Waals surface area contributed by atoms with E-state index >= 15 is 0 Å². The van der Waals surface area contributed by atoms with E-state index in [1.165, 1.54) is 12.8 Å². The second-order valence-corrected chi connectivity index (χ2v) is 7.35. The van der Waals surface area contributed by atoms with Crippen molar-refractivity contribution in [1.29, 1.82) is 0 Å². The number of carbonyl (C=O) groups is 2. The first-order valence-electron chi connectivity index (χ1n) is 9.81. The van der Waals surface area contributed by atoms with Gasteiger partial charge in [0.25, 0.3) is 0 Å². The molecule has 27 heavy (non-hydrogen) atoms. The van der Waals surface area contributed by atoms with Crippen LogP contribution < -0.4 is 0 Å². The predicted molar refractivity (Wildman–Crippen MR) is 106 cm³/mol. The molecule has 0 saturated heterocycles. The maximum Gasteiger partial charge on any atom is 0.152 e. The van der Waals surface area contributed by atoms with Gasteiger partial charge in [0.15, 0.2) is 6.29 Å². The molecule has 1 saturated carbocycles. The van der Waals surface area contributed by atoms with Crippen molar-refractivity contribution in [3.8, 4) is 5.82 Å². The number of rotatable bonds is 5. The Morgan fingerprint density at radius 2 is 1.78 bits per heavy atom. The molecule has 1 aliphatic carbocycles. The van der Waals surface area contributed by atoms with Gasteiger partial charge in [0.2, 0.25) is 0 Å². The summed E-state index contributed by atoms with van der Waals surface area (Å²) < 4.78 is 1.98. The van der Waals surface area contributed by atoms with Crippen LogP contribution in [-0.2, 0) is 11.2 Å². The molecule has 4 heteroatoms. The number of ketones is 1. The van der Waals surface area contributed by atoms with E-state index in [-0.39, 0.29) is 18.1 Å². The topological polar surface area (TPSA) is 52.0 Å². The largest absolute Gasteiger partial charge is 0.299 e. The lowest BCUT2D eigenvalue weighted by Crippen LogP contribution is -2.19. The fourth-order valence-electron chi connectivity index (χ4n) is 4.28. The van der Waals surface area contributed by atoms with Crippen LogP contribution in [0.25, 0.3) is 16.7 Å². The molecule has 1 fully saturated rings. The third-order valence-corrected chi connectivity index (χ3v) is 5.66. The van der Waals surface area contributed by atoms with Gasteiger partial charge in [0.1, 0.15) is 11.6 Å². The molecule has 4 nitrogen and oxygen atoms in total. The van der Waals surface area contributed by atoms with Gasteiger partial charge in [-0.25, -0.2) is 4.98 Å². The van der Waals surface area contributed by atoms with Crippen LogP contribution in [0.1, 0.15) is 54.6 Å². The van der Waals surface area contributed by atoms with Gasteiger partial charge >= 0.3 is 0 Å². The standard InChI is InChI=1S/C23H24N2O2/c26-16-19-18-11-5-6-12-20(18)25(23-13-7-8-14-24-23)21(19)15-22(27)17-9-3-1-2-4-10-17/h5-8,11-14,16-17H,1-4,9-10,15H2. The van der Waals surface area contributed by atoms with Crippen molar-refractivity contribution in [2.24, 2.45) is 5.92 Å². The Hall–Kier alpha value is -2.75. The smallest absolute Gasteiger partial charge is 0.152 e. The Morgan fingerprint density at radius 1 is 1.04 bits per heavy atom. The first-order chi connectivity index (χ1) is 13.3. The van der Waals surface area contributed by atoms with Crippen LogP contribution in [0.2, 0.25) is 0 Å². The van der Waals surface area contributed by atoms with E-state index in [4.69, 9.17) is 0 Å². The van der Waals surface area contributed by atoms with Gasteiger partial charge in [0.05, 0.1) is 5.52 Å². The first-order valence-corrected chi connectivity index (χ1v) is 9.81. The molecule has 0 aliphatic heterocycles. The molecule has 1 aliphatic rings. The number of hydrogen-bond acceptors (Lipinski definition) is 3. The van der Waals surface area contributed by atoms with Crippen LogP contribution in [0, 0.1) is 5.92 Å². The molecular formula is C23H24N2O2. The maximum absolute atomic E-state index is 13.1. The number of pyridine rings is 1. The van der Waals surface area contributed by atoms with Crippen LogP contribution in [0.5, 0.6) is 0 Å². The summed E-state index contributed by atoms with van der Waals surface area (Å²) in [6.45, 7) is 0. The van der Waals surface area contributed by atoms with Gasteiger partial charge in [-0.2, -0.15) is 0 Å². The van der Waals surface area contributed by atoms with Gasteiger partial charge in [-0.15, -0.1) is 0 Å². The van der Waals surface area contributed by atoms with Crippen molar-refractivity contribution in [3.63, 3.8) is 0 Å². The van der Waals surface area contributed by atoms with E-state index in [1.54, 1.807) is 6.20 Å². The molecule has 3 aromatic rings. The van der Waals surface area contributed by atoms with Gasteiger partial charge in [-0.3, -0.25) is 14.2 Å². The van der Waals surface area contributed by atoms with E-state index in [0.29, 0.717) is 5.56 Å². The molecule has 0 atom stereocenters. The molecule has 2 heterocycles. The van der Waals surface area contributed by atoms with Crippen molar-refractivity contribution in [3.05, 3.63) is 59.9 Å². The van der Waals surface area contributed by atoms with Gasteiger partial charge < -0.3 is 0 Å². The Labute approximate surface area is 159 Å². The molecule has 0 spiro atoms. The molecule has 0 unspecified atom stereocenters. The third-order valence-electron chi connectivity index (χ3n) is 5.66. The van der Waals surface area contributed by atoms with E-state index in [1.807, 2.05) is 47.0 Å². The SMILES string of the molecule is O=Cc1c(CC(=O)C2CCCCCC2)n(-c2ccccn2)c2ccccc12. The average molecular weight is 360 g/mol. The number of nitrogens with zero attached hydrogens (tertiary/aromatic N) is 2. The lowest BCUT2D eigenvalue weighted by atomic mass is 9.92. The summed E-state index contributed by atoms with van der Waals surface area (Å²) in [5.41, 5.74) is 2.29. The summed E-state index contributed by atoms with van der Waals surface area (Å²) >= 11 is 0. The van der Waals surface area contributed by atoms with E-state index < -0.39 is 0 Å². The Kier molecular flexibility index (Phi) is 5.14. The summed E-state index contributed by atoms with van der Waals surface area (Å²) in [7, 11) is 0. The van der Waals surface area contributed by atoms with E-state index in [0.717, 1.165) is 54.4 Å². The highest BCUT2D eigenvalue weighted by atomic mass is 16.1. The molecule has 0 amide bonds. The van der Waals surface area contributed by atoms with Crippen LogP contribution in [0.4, 0.5) is 0 Å². The molecule has 2 aromatic heterocycles. The minimum absolute atomic E-state index is 0.113. The normalized spacial score (nSPS) is 15.6. The highest BCUT2D eigenvalue weighted by Crippen LogP contribution is 2.30. The van der Waals surface area contributed by atoms with Crippen molar-refractivity contribution in [2.75, 3.05) is 0 Å². The molecule has 1 aromatic carbocycles. The lowest BCUT2D eigenvalue weighted by Gasteiger charge is -2.15. The second kappa shape index (κ2) is 7.87. The minimum atomic E-state index is 0.113. The maximum atomic E-state index is 13.1. The van der Waals surface area contributed by atoms with Crippen LogP contribution in [0.15, 0.2) is 48.7 Å². The quantitative estimate of drug-likeness (QED) is 0.479. The number of carbonyl (C=O) groups excluding carboxylic acids is 2. The fourth-order valence-corrected chi connectivity index (χ4v) is 4.28. The zero-order valence-corrected chi connectivity index (χ0v) is 15.4. The number of Topliss-reactive ketones (excluding diaryl/α,β-unsaturated/α-hetero) is 1. The third kappa shape index (κ3) is 3.44. The number of benzene rings is 1. The number of aldehydes is 1. The van der Waals surface area contributed by atoms with Crippen LogP contribution in [-0.4, -0.2) is 21.6 Å². The lowest BCUT2D eigenvalue weighted by molar-refractivity contribution is -0.122. The zero-order valence-electron chi connectivity index (χ0n) is 15.4. The summed E-state index contributed by atoms with van der Waals surface area (Å²) in [6.07, 6.45) is 9.54. The highest BCUT2D eigenvalue weighted by molar-refractivity contribution is 6.01. The van der Waals surface area contributed by atoms with Crippen molar-refractivity contribution >= 4 is 23.0 Å². The molecular weight excluding hydrogens is 336 g/mol. The zero-order chi connectivity index (χ0) is 18.6. The number of fused-ring (bicyclic) bond motifs is 1. The van der Waals surface area contributed by atoms with Crippen molar-refractivity contribution in [1.82, 2.24) is 9.55 Å². The van der Waals surface area contributed by atoms with Crippen molar-refractivity contribution < 1.29 is 9.59 Å². The Morgan fingerprint density at radius 3 is 2.48 bits per heavy atom.